The lowest BCUT2D eigenvalue weighted by Crippen LogP contribution is -2.20. The van der Waals surface area contributed by atoms with Crippen LogP contribution in [0.4, 0.5) is 0 Å². The van der Waals surface area contributed by atoms with Crippen LogP contribution < -0.4 is 9.61 Å². The van der Waals surface area contributed by atoms with Gasteiger partial charge in [0.15, 0.2) is 5.75 Å². The zero-order valence-corrected chi connectivity index (χ0v) is 26.4. The molecule has 0 heterocycles. The summed E-state index contributed by atoms with van der Waals surface area (Å²) in [5, 5.41) is 14.9. The van der Waals surface area contributed by atoms with Crippen molar-refractivity contribution < 1.29 is 22.5 Å². The lowest BCUT2D eigenvalue weighted by atomic mass is 9.78. The van der Waals surface area contributed by atoms with E-state index in [1.54, 1.807) is 24.3 Å². The summed E-state index contributed by atoms with van der Waals surface area (Å²) in [6, 6.07) is 15.2. The van der Waals surface area contributed by atoms with Gasteiger partial charge in [0.25, 0.3) is 0 Å². The van der Waals surface area contributed by atoms with Gasteiger partial charge >= 0.3 is 10.1 Å². The number of nitrogens with zero attached hydrogens (tertiary/aromatic N) is 1. The number of aryl methyl sites for hydroxylation is 2. The first-order chi connectivity index (χ1) is 18.5. The van der Waals surface area contributed by atoms with E-state index in [0.717, 1.165) is 22.3 Å². The molecule has 0 radical (unpaired) electrons. The van der Waals surface area contributed by atoms with Gasteiger partial charge in [0.1, 0.15) is 10.6 Å². The van der Waals surface area contributed by atoms with Crippen LogP contribution in [0.2, 0.25) is 0 Å². The quantitative estimate of drug-likeness (QED) is 0.160. The molecule has 0 fully saturated rings. The number of hydrogen-bond donors (Lipinski definition) is 2. The number of nitrogens with one attached hydrogen (secondary N) is 1. The second-order valence-electron chi connectivity index (χ2n) is 11.9. The van der Waals surface area contributed by atoms with Crippen molar-refractivity contribution in [3.8, 4) is 11.5 Å². The van der Waals surface area contributed by atoms with E-state index in [1.165, 1.54) is 24.4 Å². The Bertz CT molecular complexity index is 1480. The minimum atomic E-state index is -3.98. The van der Waals surface area contributed by atoms with Gasteiger partial charge in [-0.1, -0.05) is 71.4 Å². The molecule has 3 aromatic carbocycles. The van der Waals surface area contributed by atoms with Crippen LogP contribution in [0.25, 0.3) is 0 Å². The van der Waals surface area contributed by atoms with Gasteiger partial charge in [-0.05, 0) is 92.7 Å². The Kier molecular flexibility index (Phi) is 9.52. The Labute approximate surface area is 245 Å². The van der Waals surface area contributed by atoms with E-state index < -0.39 is 10.1 Å². The Morgan fingerprint density at radius 2 is 1.55 bits per heavy atom. The van der Waals surface area contributed by atoms with Gasteiger partial charge in [0.2, 0.25) is 5.91 Å². The maximum absolute atomic E-state index is 12.6. The van der Waals surface area contributed by atoms with E-state index >= 15 is 0 Å². The molecule has 0 unspecified atom stereocenters. The molecule has 0 aliphatic carbocycles. The number of rotatable bonds is 8. The van der Waals surface area contributed by atoms with Crippen LogP contribution in [0.1, 0.15) is 75.8 Å². The standard InChI is InChI=1S/C31H37BrN2O5S/c1-20-8-12-23(13-9-20)40(37,38)39-27-14-10-22(18-26(27)32)19-33-34-28(35)15-11-21-16-24(30(2,3)4)29(36)25(17-21)31(5,6)7/h8-10,12-14,16-19,36H,11,15H2,1-7H3,(H,34,35)/b33-19-. The summed E-state index contributed by atoms with van der Waals surface area (Å²) in [5.41, 5.74) is 6.33. The molecule has 0 atom stereocenters. The third-order valence-electron chi connectivity index (χ3n) is 6.29. The fourth-order valence-corrected chi connectivity index (χ4v) is 5.54. The van der Waals surface area contributed by atoms with Gasteiger partial charge in [0.05, 0.1) is 10.7 Å². The average Bonchev–Trinajstić information content (AvgIpc) is 2.83. The van der Waals surface area contributed by atoms with E-state index in [4.69, 9.17) is 4.18 Å². The van der Waals surface area contributed by atoms with Crippen LogP contribution in [-0.2, 0) is 32.2 Å². The molecule has 0 aliphatic rings. The van der Waals surface area contributed by atoms with Crippen LogP contribution in [-0.4, -0.2) is 25.6 Å². The zero-order valence-electron chi connectivity index (χ0n) is 24.0. The van der Waals surface area contributed by atoms with Gasteiger partial charge in [-0.15, -0.1) is 0 Å². The smallest absolute Gasteiger partial charge is 0.339 e. The van der Waals surface area contributed by atoms with Crippen molar-refractivity contribution in [3.05, 3.63) is 86.9 Å². The van der Waals surface area contributed by atoms with Crippen LogP contribution in [0.5, 0.6) is 11.5 Å². The Hall–Kier alpha value is -3.17. The van der Waals surface area contributed by atoms with Crippen LogP contribution >= 0.6 is 15.9 Å². The summed E-state index contributed by atoms with van der Waals surface area (Å²) in [6.07, 6.45) is 2.19. The molecular formula is C31H37BrN2O5S. The van der Waals surface area contributed by atoms with Crippen molar-refractivity contribution in [1.82, 2.24) is 5.43 Å². The van der Waals surface area contributed by atoms with Crippen molar-refractivity contribution in [2.24, 2.45) is 5.10 Å². The van der Waals surface area contributed by atoms with Crippen molar-refractivity contribution in [2.75, 3.05) is 0 Å². The molecule has 214 valence electrons. The number of carbonyl (C=O) groups is 1. The molecule has 3 rings (SSSR count). The zero-order chi connectivity index (χ0) is 29.9. The molecular weight excluding hydrogens is 592 g/mol. The van der Waals surface area contributed by atoms with Crippen molar-refractivity contribution in [2.45, 2.75) is 77.0 Å². The lowest BCUT2D eigenvalue weighted by Gasteiger charge is -2.28. The van der Waals surface area contributed by atoms with Crippen LogP contribution in [0, 0.1) is 6.92 Å². The fraction of sp³-hybridized carbons (Fsp3) is 0.355. The summed E-state index contributed by atoms with van der Waals surface area (Å²) in [7, 11) is -3.98. The number of hydrogen-bond acceptors (Lipinski definition) is 6. The first-order valence-corrected chi connectivity index (χ1v) is 15.2. The highest BCUT2D eigenvalue weighted by molar-refractivity contribution is 9.10. The number of halogens is 1. The van der Waals surface area contributed by atoms with Gasteiger partial charge in [0, 0.05) is 6.42 Å². The van der Waals surface area contributed by atoms with E-state index in [9.17, 15) is 18.3 Å². The van der Waals surface area contributed by atoms with Crippen molar-refractivity contribution in [3.63, 3.8) is 0 Å². The largest absolute Gasteiger partial charge is 0.507 e. The Morgan fingerprint density at radius 3 is 2.08 bits per heavy atom. The molecule has 2 N–H and O–H groups in total. The topological polar surface area (TPSA) is 105 Å². The first kappa shape index (κ1) is 31.4. The molecule has 9 heteroatoms. The molecule has 3 aromatic rings. The minimum absolute atomic E-state index is 0.0647. The molecule has 0 spiro atoms. The third-order valence-corrected chi connectivity index (χ3v) is 8.16. The lowest BCUT2D eigenvalue weighted by molar-refractivity contribution is -0.121. The van der Waals surface area contributed by atoms with Crippen LogP contribution in [0.15, 0.2) is 69.1 Å². The summed E-state index contributed by atoms with van der Waals surface area (Å²) in [6.45, 7) is 14.2. The predicted octanol–water partition coefficient (Wildman–Crippen LogP) is 6.91. The number of amides is 1. The summed E-state index contributed by atoms with van der Waals surface area (Å²) in [5.74, 6) is 0.204. The molecule has 40 heavy (non-hydrogen) atoms. The van der Waals surface area contributed by atoms with Crippen LogP contribution in [0.3, 0.4) is 0 Å². The number of aromatic hydroxyl groups is 1. The molecule has 0 saturated heterocycles. The number of hydrazone groups is 1. The third kappa shape index (κ3) is 8.17. The number of carbonyl (C=O) groups excluding carboxylic acids is 1. The summed E-state index contributed by atoms with van der Waals surface area (Å²) in [4.78, 5) is 12.6. The maximum Gasteiger partial charge on any atom is 0.339 e. The molecule has 7 nitrogen and oxygen atoms in total. The maximum atomic E-state index is 12.6. The minimum Gasteiger partial charge on any atom is -0.507 e. The molecule has 0 bridgehead atoms. The average molecular weight is 630 g/mol. The highest BCUT2D eigenvalue weighted by Gasteiger charge is 2.26. The van der Waals surface area contributed by atoms with E-state index in [1.807, 2.05) is 19.1 Å². The highest BCUT2D eigenvalue weighted by Crippen LogP contribution is 2.40. The number of benzene rings is 3. The fourth-order valence-electron chi connectivity index (χ4n) is 4.01. The number of phenols is 1. The van der Waals surface area contributed by atoms with E-state index in [2.05, 4.69) is 68.0 Å². The molecule has 0 aliphatic heterocycles. The van der Waals surface area contributed by atoms with Gasteiger partial charge < -0.3 is 9.29 Å². The van der Waals surface area contributed by atoms with E-state index in [-0.39, 0.29) is 33.8 Å². The summed E-state index contributed by atoms with van der Waals surface area (Å²) >= 11 is 3.34. The first-order valence-electron chi connectivity index (χ1n) is 13.0. The second kappa shape index (κ2) is 12.1. The monoisotopic (exact) mass is 628 g/mol. The van der Waals surface area contributed by atoms with Crippen molar-refractivity contribution >= 4 is 38.2 Å². The van der Waals surface area contributed by atoms with Gasteiger partial charge in [-0.3, -0.25) is 4.79 Å². The molecule has 0 aromatic heterocycles. The van der Waals surface area contributed by atoms with Gasteiger partial charge in [-0.2, -0.15) is 13.5 Å². The van der Waals surface area contributed by atoms with Crippen molar-refractivity contribution in [1.29, 1.82) is 0 Å². The normalized spacial score (nSPS) is 12.5. The second-order valence-corrected chi connectivity index (χ2v) is 14.3. The Balaban J connectivity index is 1.63. The summed E-state index contributed by atoms with van der Waals surface area (Å²) < 4.78 is 30.9. The Morgan fingerprint density at radius 1 is 0.975 bits per heavy atom. The highest BCUT2D eigenvalue weighted by atomic mass is 79.9. The van der Waals surface area contributed by atoms with E-state index in [0.29, 0.717) is 22.2 Å². The molecule has 1 amide bonds. The number of phenolic OH excluding ortho intramolecular Hbond substituents is 1. The SMILES string of the molecule is Cc1ccc(S(=O)(=O)Oc2ccc(/C=N\NC(=O)CCc3cc(C(C)(C)C)c(O)c(C(C)(C)C)c3)cc2Br)cc1. The predicted molar refractivity (Wildman–Crippen MR) is 163 cm³/mol. The molecule has 0 saturated carbocycles. The van der Waals surface area contributed by atoms with Gasteiger partial charge in [-0.25, -0.2) is 5.43 Å².